The second-order valence-electron chi connectivity index (χ2n) is 8.21. The summed E-state index contributed by atoms with van der Waals surface area (Å²) in [7, 11) is 0. The van der Waals surface area contributed by atoms with E-state index < -0.39 is 0 Å². The van der Waals surface area contributed by atoms with Crippen molar-refractivity contribution in [2.45, 2.75) is 29.8 Å². The number of hydrogen-bond donors (Lipinski definition) is 2. The van der Waals surface area contributed by atoms with Gasteiger partial charge in [-0.15, -0.1) is 15.3 Å². The molecule has 4 heterocycles. The number of carbonyl (C=O) groups is 1. The fourth-order valence-corrected chi connectivity index (χ4v) is 5.44. The molecule has 13 heteroatoms. The van der Waals surface area contributed by atoms with E-state index >= 15 is 0 Å². The maximum absolute atomic E-state index is 12.3. The highest BCUT2D eigenvalue weighted by Crippen LogP contribution is 2.33. The maximum Gasteiger partial charge on any atom is 0.321 e. The van der Waals surface area contributed by atoms with Crippen LogP contribution in [0.25, 0.3) is 15.9 Å². The average Bonchev–Trinajstić information content (AvgIpc) is 3.47. The standard InChI is InChI=1S/C23H28N8O3S2/c1-2-3-12-34-20-7-6-19-27-28-23(31(19)29-20)35-16-4-5-17-18(15-16)36-22(25-17)26-21(32)24-8-9-30-10-13-33-14-11-30/h4-7,15H,2-3,8-14H2,1H3,(H2,24,25,26,32). The van der Waals surface area contributed by atoms with E-state index in [1.54, 1.807) is 4.52 Å². The molecule has 0 spiro atoms. The first kappa shape index (κ1) is 24.7. The number of amides is 2. The minimum absolute atomic E-state index is 0.255. The Morgan fingerprint density at radius 3 is 2.97 bits per heavy atom. The number of nitrogens with zero attached hydrogens (tertiary/aromatic N) is 6. The van der Waals surface area contributed by atoms with E-state index in [-0.39, 0.29) is 6.03 Å². The van der Waals surface area contributed by atoms with Crippen molar-refractivity contribution in [3.05, 3.63) is 30.3 Å². The van der Waals surface area contributed by atoms with Gasteiger partial charge in [-0.1, -0.05) is 24.7 Å². The number of ether oxygens (including phenoxy) is 2. The Hall–Kier alpha value is -3.00. The van der Waals surface area contributed by atoms with Gasteiger partial charge < -0.3 is 14.8 Å². The zero-order valence-electron chi connectivity index (χ0n) is 20.0. The number of rotatable bonds is 10. The van der Waals surface area contributed by atoms with E-state index in [2.05, 4.69) is 42.7 Å². The van der Waals surface area contributed by atoms with Crippen LogP contribution in [0.3, 0.4) is 0 Å². The van der Waals surface area contributed by atoms with Crippen LogP contribution in [0.1, 0.15) is 19.8 Å². The number of anilines is 1. The molecule has 0 saturated carbocycles. The molecule has 0 aliphatic carbocycles. The van der Waals surface area contributed by atoms with Crippen LogP contribution in [-0.2, 0) is 4.74 Å². The summed E-state index contributed by atoms with van der Waals surface area (Å²) in [5.74, 6) is 0.550. The Morgan fingerprint density at radius 1 is 1.22 bits per heavy atom. The fourth-order valence-electron chi connectivity index (χ4n) is 3.64. The molecule has 1 aliphatic rings. The lowest BCUT2D eigenvalue weighted by Crippen LogP contribution is -2.42. The number of morpholine rings is 1. The summed E-state index contributed by atoms with van der Waals surface area (Å²) in [6, 6.07) is 9.34. The van der Waals surface area contributed by atoms with Gasteiger partial charge in [-0.3, -0.25) is 10.2 Å². The SMILES string of the molecule is CCCCOc1ccc2nnc(Sc3ccc4nc(NC(=O)NCCN5CCOCC5)sc4c3)n2n1. The largest absolute Gasteiger partial charge is 0.477 e. The summed E-state index contributed by atoms with van der Waals surface area (Å²) in [4.78, 5) is 20.1. The number of carbonyl (C=O) groups excluding carboxylic acids is 1. The highest BCUT2D eigenvalue weighted by atomic mass is 32.2. The Kier molecular flexibility index (Phi) is 8.11. The van der Waals surface area contributed by atoms with Gasteiger partial charge in [-0.05, 0) is 42.4 Å². The predicted octanol–water partition coefficient (Wildman–Crippen LogP) is 3.52. The number of hydrogen-bond acceptors (Lipinski definition) is 10. The van der Waals surface area contributed by atoms with Gasteiger partial charge >= 0.3 is 6.03 Å². The molecule has 36 heavy (non-hydrogen) atoms. The van der Waals surface area contributed by atoms with Gasteiger partial charge in [-0.25, -0.2) is 9.78 Å². The second kappa shape index (κ2) is 11.8. The molecule has 2 N–H and O–H groups in total. The first-order valence-corrected chi connectivity index (χ1v) is 13.6. The van der Waals surface area contributed by atoms with Crippen molar-refractivity contribution < 1.29 is 14.3 Å². The molecule has 190 valence electrons. The lowest BCUT2D eigenvalue weighted by molar-refractivity contribution is 0.0388. The van der Waals surface area contributed by atoms with Crippen LogP contribution in [-0.4, -0.2) is 81.7 Å². The molecule has 4 aromatic rings. The summed E-state index contributed by atoms with van der Waals surface area (Å²) in [6.45, 7) is 7.41. The molecule has 1 aromatic carbocycles. The summed E-state index contributed by atoms with van der Waals surface area (Å²) in [6.07, 6.45) is 2.04. The van der Waals surface area contributed by atoms with E-state index in [0.717, 1.165) is 60.8 Å². The highest BCUT2D eigenvalue weighted by molar-refractivity contribution is 7.99. The average molecular weight is 529 g/mol. The summed E-state index contributed by atoms with van der Waals surface area (Å²) >= 11 is 2.89. The molecule has 5 rings (SSSR count). The van der Waals surface area contributed by atoms with Crippen LogP contribution < -0.4 is 15.4 Å². The lowest BCUT2D eigenvalue weighted by atomic mass is 10.3. The number of benzene rings is 1. The second-order valence-corrected chi connectivity index (χ2v) is 10.3. The zero-order chi connectivity index (χ0) is 24.7. The Labute approximate surface area is 216 Å². The van der Waals surface area contributed by atoms with E-state index in [0.29, 0.717) is 35.0 Å². The first-order valence-electron chi connectivity index (χ1n) is 12.0. The third-order valence-corrected chi connectivity index (χ3v) is 7.42. The maximum atomic E-state index is 12.3. The molecule has 0 bridgehead atoms. The van der Waals surface area contributed by atoms with E-state index in [4.69, 9.17) is 9.47 Å². The van der Waals surface area contributed by atoms with Gasteiger partial charge in [0, 0.05) is 37.1 Å². The van der Waals surface area contributed by atoms with Crippen LogP contribution >= 0.6 is 23.1 Å². The van der Waals surface area contributed by atoms with Crippen LogP contribution in [0.2, 0.25) is 0 Å². The number of nitrogens with one attached hydrogen (secondary N) is 2. The van der Waals surface area contributed by atoms with Crippen LogP contribution in [0.15, 0.2) is 40.4 Å². The first-order chi connectivity index (χ1) is 17.7. The highest BCUT2D eigenvalue weighted by Gasteiger charge is 2.14. The van der Waals surface area contributed by atoms with Crippen molar-refractivity contribution in [3.63, 3.8) is 0 Å². The molecule has 0 unspecified atom stereocenters. The third kappa shape index (κ3) is 6.22. The van der Waals surface area contributed by atoms with Crippen molar-refractivity contribution in [1.82, 2.24) is 35.0 Å². The molecular weight excluding hydrogens is 500 g/mol. The van der Waals surface area contributed by atoms with Crippen molar-refractivity contribution in [2.24, 2.45) is 0 Å². The predicted molar refractivity (Wildman–Crippen MR) is 139 cm³/mol. The molecule has 1 saturated heterocycles. The van der Waals surface area contributed by atoms with Gasteiger partial charge in [-0.2, -0.15) is 4.52 Å². The number of aromatic nitrogens is 5. The summed E-state index contributed by atoms with van der Waals surface area (Å²) in [5.41, 5.74) is 1.48. The third-order valence-electron chi connectivity index (χ3n) is 5.56. The number of unbranched alkanes of at least 4 members (excludes halogenated alkanes) is 1. The van der Waals surface area contributed by atoms with Crippen molar-refractivity contribution >= 4 is 50.1 Å². The smallest absolute Gasteiger partial charge is 0.321 e. The molecule has 1 aliphatic heterocycles. The fraction of sp³-hybridized carbons (Fsp3) is 0.435. The number of urea groups is 1. The quantitative estimate of drug-likeness (QED) is 0.298. The van der Waals surface area contributed by atoms with Gasteiger partial charge in [0.25, 0.3) is 0 Å². The van der Waals surface area contributed by atoms with Crippen molar-refractivity contribution in [1.29, 1.82) is 0 Å². The van der Waals surface area contributed by atoms with Crippen LogP contribution in [0, 0.1) is 0 Å². The molecule has 2 amide bonds. The Bertz CT molecular complexity index is 1320. The Balaban J connectivity index is 1.20. The normalized spacial score (nSPS) is 14.4. The summed E-state index contributed by atoms with van der Waals surface area (Å²) < 4.78 is 13.7. The topological polar surface area (TPSA) is 119 Å². The molecule has 3 aromatic heterocycles. The van der Waals surface area contributed by atoms with Crippen LogP contribution in [0.5, 0.6) is 5.88 Å². The lowest BCUT2D eigenvalue weighted by Gasteiger charge is -2.26. The van der Waals surface area contributed by atoms with E-state index in [1.165, 1.54) is 23.1 Å². The number of fused-ring (bicyclic) bond motifs is 2. The molecule has 11 nitrogen and oxygen atoms in total. The van der Waals surface area contributed by atoms with E-state index in [1.807, 2.05) is 30.3 Å². The number of thiazole rings is 1. The van der Waals surface area contributed by atoms with Gasteiger partial charge in [0.15, 0.2) is 10.8 Å². The zero-order valence-corrected chi connectivity index (χ0v) is 21.6. The van der Waals surface area contributed by atoms with Crippen LogP contribution in [0.4, 0.5) is 9.93 Å². The van der Waals surface area contributed by atoms with Crippen molar-refractivity contribution in [2.75, 3.05) is 51.3 Å². The molecular formula is C23H28N8O3S2. The van der Waals surface area contributed by atoms with Gasteiger partial charge in [0.05, 0.1) is 30.0 Å². The van der Waals surface area contributed by atoms with Gasteiger partial charge in [0.2, 0.25) is 11.0 Å². The van der Waals surface area contributed by atoms with Gasteiger partial charge in [0.1, 0.15) is 0 Å². The summed E-state index contributed by atoms with van der Waals surface area (Å²) in [5, 5.41) is 20.0. The monoisotopic (exact) mass is 528 g/mol. The van der Waals surface area contributed by atoms with Crippen molar-refractivity contribution in [3.8, 4) is 5.88 Å². The minimum atomic E-state index is -0.255. The molecule has 0 atom stereocenters. The minimum Gasteiger partial charge on any atom is -0.477 e. The Morgan fingerprint density at radius 2 is 2.11 bits per heavy atom. The molecule has 1 fully saturated rings. The van der Waals surface area contributed by atoms with E-state index in [9.17, 15) is 4.79 Å². The molecule has 0 radical (unpaired) electrons.